The number of aryl methyl sites for hydroxylation is 1. The van der Waals surface area contributed by atoms with Crippen molar-refractivity contribution in [2.75, 3.05) is 20.3 Å². The second-order valence-electron chi connectivity index (χ2n) is 3.17. The monoisotopic (exact) mass is 224 g/mol. The van der Waals surface area contributed by atoms with Gasteiger partial charge in [-0.05, 0) is 19.4 Å². The molecule has 5 heteroatoms. The molecule has 0 unspecified atom stereocenters. The topological polar surface area (TPSA) is 61.3 Å². The molecule has 16 heavy (non-hydrogen) atoms. The first-order chi connectivity index (χ1) is 7.77. The number of aromatic nitrogens is 2. The zero-order valence-corrected chi connectivity index (χ0v) is 9.60. The van der Waals surface area contributed by atoms with Gasteiger partial charge < -0.3 is 9.47 Å². The smallest absolute Gasteiger partial charge is 0.357 e. The Balaban J connectivity index is 2.60. The molecule has 5 nitrogen and oxygen atoms in total. The van der Waals surface area contributed by atoms with E-state index in [0.717, 1.165) is 6.42 Å². The van der Waals surface area contributed by atoms with Crippen LogP contribution in [0.15, 0.2) is 12.3 Å². The summed E-state index contributed by atoms with van der Waals surface area (Å²) in [7, 11) is 1.65. The van der Waals surface area contributed by atoms with Crippen molar-refractivity contribution >= 4 is 5.97 Å². The lowest BCUT2D eigenvalue weighted by Gasteiger charge is -2.03. The maximum absolute atomic E-state index is 11.4. The molecule has 1 aromatic heterocycles. The quantitative estimate of drug-likeness (QED) is 0.537. The zero-order chi connectivity index (χ0) is 11.8. The second kappa shape index (κ2) is 6.90. The van der Waals surface area contributed by atoms with Crippen molar-refractivity contribution in [2.45, 2.75) is 19.8 Å². The molecular weight excluding hydrogens is 208 g/mol. The number of nitrogens with zero attached hydrogens (tertiary/aromatic N) is 2. The lowest BCUT2D eigenvalue weighted by Crippen LogP contribution is -2.09. The maximum Gasteiger partial charge on any atom is 0.357 e. The van der Waals surface area contributed by atoms with Crippen LogP contribution >= 0.6 is 0 Å². The fraction of sp³-hybridized carbons (Fsp3) is 0.545. The van der Waals surface area contributed by atoms with Gasteiger partial charge in [-0.25, -0.2) is 14.8 Å². The molecule has 0 aromatic carbocycles. The summed E-state index contributed by atoms with van der Waals surface area (Å²) >= 11 is 0. The summed E-state index contributed by atoms with van der Waals surface area (Å²) in [5, 5.41) is 0. The number of carbonyl (C=O) groups is 1. The maximum atomic E-state index is 11.4. The van der Waals surface area contributed by atoms with Crippen LogP contribution in [0.5, 0.6) is 0 Å². The van der Waals surface area contributed by atoms with E-state index in [1.807, 2.05) is 0 Å². The average Bonchev–Trinajstić information content (AvgIpc) is 2.30. The van der Waals surface area contributed by atoms with E-state index in [2.05, 4.69) is 9.97 Å². The van der Waals surface area contributed by atoms with Crippen LogP contribution in [0.2, 0.25) is 0 Å². The Bertz CT molecular complexity index is 342. The van der Waals surface area contributed by atoms with Gasteiger partial charge in [0.05, 0.1) is 6.61 Å². The fourth-order valence-electron chi connectivity index (χ4n) is 1.21. The zero-order valence-electron chi connectivity index (χ0n) is 9.60. The summed E-state index contributed by atoms with van der Waals surface area (Å²) < 4.78 is 9.79. The van der Waals surface area contributed by atoms with Crippen molar-refractivity contribution in [3.8, 4) is 0 Å². The summed E-state index contributed by atoms with van der Waals surface area (Å²) in [6.07, 6.45) is 3.10. The Kier molecular flexibility index (Phi) is 5.42. The van der Waals surface area contributed by atoms with Gasteiger partial charge in [0, 0.05) is 26.3 Å². The number of carbonyl (C=O) groups excluding carboxylic acids is 1. The van der Waals surface area contributed by atoms with Crippen molar-refractivity contribution in [2.24, 2.45) is 0 Å². The van der Waals surface area contributed by atoms with Gasteiger partial charge >= 0.3 is 5.97 Å². The van der Waals surface area contributed by atoms with Crippen molar-refractivity contribution in [1.29, 1.82) is 0 Å². The van der Waals surface area contributed by atoms with Crippen LogP contribution in [0.1, 0.15) is 29.7 Å². The number of ether oxygens (including phenoxy) is 2. The Hall–Kier alpha value is -1.49. The van der Waals surface area contributed by atoms with Crippen molar-refractivity contribution in [3.63, 3.8) is 0 Å². The highest BCUT2D eigenvalue weighted by Crippen LogP contribution is 2.01. The van der Waals surface area contributed by atoms with Crippen LogP contribution in [0, 0.1) is 0 Å². The number of methoxy groups -OCH3 is 1. The molecule has 0 fully saturated rings. The molecule has 0 aliphatic heterocycles. The first-order valence-electron chi connectivity index (χ1n) is 5.26. The first kappa shape index (κ1) is 12.6. The van der Waals surface area contributed by atoms with Gasteiger partial charge in [0.25, 0.3) is 0 Å². The van der Waals surface area contributed by atoms with Crippen LogP contribution in [-0.2, 0) is 15.9 Å². The van der Waals surface area contributed by atoms with Crippen LogP contribution in [0.25, 0.3) is 0 Å². The second-order valence-corrected chi connectivity index (χ2v) is 3.17. The van der Waals surface area contributed by atoms with Crippen LogP contribution < -0.4 is 0 Å². The van der Waals surface area contributed by atoms with Crippen LogP contribution in [0.3, 0.4) is 0 Å². The molecule has 1 heterocycles. The van der Waals surface area contributed by atoms with E-state index in [-0.39, 0.29) is 0 Å². The van der Waals surface area contributed by atoms with Crippen LogP contribution in [-0.4, -0.2) is 36.3 Å². The molecule has 0 saturated carbocycles. The van der Waals surface area contributed by atoms with E-state index in [1.54, 1.807) is 26.3 Å². The average molecular weight is 224 g/mol. The van der Waals surface area contributed by atoms with E-state index in [9.17, 15) is 4.79 Å². The van der Waals surface area contributed by atoms with E-state index >= 15 is 0 Å². The van der Waals surface area contributed by atoms with Gasteiger partial charge in [-0.1, -0.05) is 0 Å². The molecule has 1 aromatic rings. The van der Waals surface area contributed by atoms with Gasteiger partial charge in [-0.2, -0.15) is 0 Å². The third-order valence-corrected chi connectivity index (χ3v) is 1.94. The predicted molar refractivity (Wildman–Crippen MR) is 58.2 cm³/mol. The lowest BCUT2D eigenvalue weighted by atomic mass is 10.3. The Morgan fingerprint density at radius 1 is 1.50 bits per heavy atom. The van der Waals surface area contributed by atoms with E-state index in [4.69, 9.17) is 9.47 Å². The minimum absolute atomic E-state index is 0.310. The molecular formula is C11H16N2O3. The normalized spacial score (nSPS) is 10.1. The summed E-state index contributed by atoms with van der Waals surface area (Å²) in [5.74, 6) is 0.237. The third-order valence-electron chi connectivity index (χ3n) is 1.94. The number of esters is 1. The van der Waals surface area contributed by atoms with Gasteiger partial charge in [-0.15, -0.1) is 0 Å². The molecule has 0 aliphatic rings. The minimum atomic E-state index is -0.405. The van der Waals surface area contributed by atoms with Crippen molar-refractivity contribution in [3.05, 3.63) is 23.8 Å². The Morgan fingerprint density at radius 3 is 3.00 bits per heavy atom. The molecule has 0 saturated heterocycles. The Labute approximate surface area is 94.8 Å². The van der Waals surface area contributed by atoms with Crippen LogP contribution in [0.4, 0.5) is 0 Å². The first-order valence-corrected chi connectivity index (χ1v) is 5.26. The van der Waals surface area contributed by atoms with Gasteiger partial charge in [0.1, 0.15) is 5.82 Å². The largest absolute Gasteiger partial charge is 0.461 e. The molecule has 0 radical (unpaired) electrons. The van der Waals surface area contributed by atoms with Gasteiger partial charge in [0.15, 0.2) is 5.69 Å². The summed E-state index contributed by atoms with van der Waals surface area (Å²) in [4.78, 5) is 19.6. The number of hydrogen-bond donors (Lipinski definition) is 0. The van der Waals surface area contributed by atoms with E-state index in [0.29, 0.717) is 31.2 Å². The standard InChI is InChI=1S/C11H16N2O3/c1-3-16-11(14)9-6-7-12-10(13-9)5-4-8-15-2/h6-7H,3-5,8H2,1-2H3. The van der Waals surface area contributed by atoms with E-state index in [1.165, 1.54) is 0 Å². The molecule has 0 spiro atoms. The molecule has 0 amide bonds. The number of rotatable bonds is 6. The molecule has 0 atom stereocenters. The highest BCUT2D eigenvalue weighted by Gasteiger charge is 2.08. The minimum Gasteiger partial charge on any atom is -0.461 e. The number of hydrogen-bond acceptors (Lipinski definition) is 5. The third kappa shape index (κ3) is 3.94. The highest BCUT2D eigenvalue weighted by molar-refractivity contribution is 5.87. The SMILES string of the molecule is CCOC(=O)c1ccnc(CCCOC)n1. The summed E-state index contributed by atoms with van der Waals surface area (Å²) in [6, 6.07) is 1.55. The molecule has 0 N–H and O–H groups in total. The van der Waals surface area contributed by atoms with Gasteiger partial charge in [-0.3, -0.25) is 0 Å². The molecule has 1 rings (SSSR count). The molecule has 88 valence electrons. The van der Waals surface area contributed by atoms with E-state index < -0.39 is 5.97 Å². The summed E-state index contributed by atoms with van der Waals surface area (Å²) in [6.45, 7) is 2.77. The summed E-state index contributed by atoms with van der Waals surface area (Å²) in [5.41, 5.74) is 0.310. The van der Waals surface area contributed by atoms with Gasteiger partial charge in [0.2, 0.25) is 0 Å². The lowest BCUT2D eigenvalue weighted by molar-refractivity contribution is 0.0519. The van der Waals surface area contributed by atoms with Crippen molar-refractivity contribution in [1.82, 2.24) is 9.97 Å². The van der Waals surface area contributed by atoms with Crippen molar-refractivity contribution < 1.29 is 14.3 Å². The highest BCUT2D eigenvalue weighted by atomic mass is 16.5. The molecule has 0 bridgehead atoms. The fourth-order valence-corrected chi connectivity index (χ4v) is 1.21. The Morgan fingerprint density at radius 2 is 2.31 bits per heavy atom. The molecule has 0 aliphatic carbocycles. The predicted octanol–water partition coefficient (Wildman–Crippen LogP) is 1.23.